The lowest BCUT2D eigenvalue weighted by molar-refractivity contribution is -0.123. The zero-order valence-electron chi connectivity index (χ0n) is 11.6. The Balaban J connectivity index is 2.51. The molecular formula is C14H22N2O2. The van der Waals surface area contributed by atoms with Crippen molar-refractivity contribution < 1.29 is 9.53 Å². The molecule has 0 saturated carbocycles. The summed E-state index contributed by atoms with van der Waals surface area (Å²) in [5, 5.41) is 5.74. The average molecular weight is 250 g/mol. The van der Waals surface area contributed by atoms with E-state index in [0.717, 1.165) is 23.4 Å². The van der Waals surface area contributed by atoms with Crippen LogP contribution >= 0.6 is 0 Å². The van der Waals surface area contributed by atoms with Crippen LogP contribution in [0.3, 0.4) is 0 Å². The highest BCUT2D eigenvalue weighted by Crippen LogP contribution is 2.24. The molecule has 0 spiro atoms. The van der Waals surface area contributed by atoms with Gasteiger partial charge in [-0.05, 0) is 38.9 Å². The van der Waals surface area contributed by atoms with Gasteiger partial charge >= 0.3 is 0 Å². The second-order valence-electron chi connectivity index (χ2n) is 4.47. The Morgan fingerprint density at radius 2 is 1.78 bits per heavy atom. The fourth-order valence-electron chi connectivity index (χ4n) is 1.91. The van der Waals surface area contributed by atoms with Gasteiger partial charge in [0.2, 0.25) is 0 Å². The lowest BCUT2D eigenvalue weighted by atomic mass is 10.1. The number of hydrogen-bond acceptors (Lipinski definition) is 3. The third-order valence-corrected chi connectivity index (χ3v) is 2.65. The van der Waals surface area contributed by atoms with Crippen LogP contribution in [0.15, 0.2) is 12.1 Å². The van der Waals surface area contributed by atoms with Crippen molar-refractivity contribution in [1.82, 2.24) is 10.6 Å². The smallest absolute Gasteiger partial charge is 0.257 e. The van der Waals surface area contributed by atoms with Crippen LogP contribution in [0.5, 0.6) is 5.75 Å². The summed E-state index contributed by atoms with van der Waals surface area (Å²) in [6.45, 7) is 7.48. The van der Waals surface area contributed by atoms with E-state index in [-0.39, 0.29) is 12.5 Å². The van der Waals surface area contributed by atoms with E-state index < -0.39 is 0 Å². The monoisotopic (exact) mass is 250 g/mol. The summed E-state index contributed by atoms with van der Waals surface area (Å²) in [5.74, 6) is 0.717. The molecule has 0 aliphatic heterocycles. The molecule has 0 heterocycles. The summed E-state index contributed by atoms with van der Waals surface area (Å²) >= 11 is 0. The van der Waals surface area contributed by atoms with Crippen LogP contribution in [0.25, 0.3) is 0 Å². The Morgan fingerprint density at radius 1 is 1.17 bits per heavy atom. The van der Waals surface area contributed by atoms with Gasteiger partial charge in [0, 0.05) is 13.1 Å². The van der Waals surface area contributed by atoms with Crippen molar-refractivity contribution in [2.75, 3.05) is 26.7 Å². The molecule has 1 aromatic rings. The van der Waals surface area contributed by atoms with Crippen LogP contribution in [0.4, 0.5) is 0 Å². The van der Waals surface area contributed by atoms with E-state index in [1.807, 2.05) is 27.8 Å². The first-order valence-electron chi connectivity index (χ1n) is 6.16. The molecule has 1 aromatic carbocycles. The van der Waals surface area contributed by atoms with Gasteiger partial charge in [0.1, 0.15) is 5.75 Å². The fourth-order valence-corrected chi connectivity index (χ4v) is 1.91. The van der Waals surface area contributed by atoms with E-state index in [4.69, 9.17) is 4.74 Å². The molecule has 0 aliphatic carbocycles. The topological polar surface area (TPSA) is 50.4 Å². The standard InChI is InChI=1S/C14H22N2O2/c1-10-7-11(2)14(12(3)8-10)18-9-13(17)16-6-5-15-4/h7-8,15H,5-6,9H2,1-4H3,(H,16,17). The molecule has 0 fully saturated rings. The number of carbonyl (C=O) groups excluding carboxylic acids is 1. The van der Waals surface area contributed by atoms with Crippen LogP contribution < -0.4 is 15.4 Å². The minimum atomic E-state index is -0.0929. The zero-order valence-corrected chi connectivity index (χ0v) is 11.6. The fraction of sp³-hybridized carbons (Fsp3) is 0.500. The molecule has 18 heavy (non-hydrogen) atoms. The van der Waals surface area contributed by atoms with Crippen LogP contribution in [-0.4, -0.2) is 32.7 Å². The van der Waals surface area contributed by atoms with Crippen molar-refractivity contribution in [2.45, 2.75) is 20.8 Å². The van der Waals surface area contributed by atoms with Gasteiger partial charge in [-0.2, -0.15) is 0 Å². The van der Waals surface area contributed by atoms with E-state index in [0.29, 0.717) is 6.54 Å². The van der Waals surface area contributed by atoms with Gasteiger partial charge in [0.05, 0.1) is 0 Å². The number of benzene rings is 1. The van der Waals surface area contributed by atoms with Crippen molar-refractivity contribution in [3.63, 3.8) is 0 Å². The second kappa shape index (κ2) is 7.01. The number of ether oxygens (including phenoxy) is 1. The van der Waals surface area contributed by atoms with Crippen LogP contribution in [0.2, 0.25) is 0 Å². The SMILES string of the molecule is CNCCNC(=O)COc1c(C)cc(C)cc1C. The van der Waals surface area contributed by atoms with E-state index in [1.54, 1.807) is 0 Å². The summed E-state index contributed by atoms with van der Waals surface area (Å²) < 4.78 is 5.58. The molecule has 0 unspecified atom stereocenters. The first-order valence-corrected chi connectivity index (χ1v) is 6.16. The van der Waals surface area contributed by atoms with Crippen molar-refractivity contribution in [1.29, 1.82) is 0 Å². The van der Waals surface area contributed by atoms with Gasteiger partial charge < -0.3 is 15.4 Å². The Hall–Kier alpha value is -1.55. The molecule has 0 aliphatic rings. The average Bonchev–Trinajstić information content (AvgIpc) is 2.27. The number of rotatable bonds is 6. The number of aryl methyl sites for hydroxylation is 3. The molecule has 0 atom stereocenters. The third kappa shape index (κ3) is 4.37. The number of hydrogen-bond donors (Lipinski definition) is 2. The Morgan fingerprint density at radius 3 is 2.33 bits per heavy atom. The summed E-state index contributed by atoms with van der Waals surface area (Å²) in [5.41, 5.74) is 3.34. The third-order valence-electron chi connectivity index (χ3n) is 2.65. The van der Waals surface area contributed by atoms with Crippen molar-refractivity contribution in [3.8, 4) is 5.75 Å². The van der Waals surface area contributed by atoms with Crippen LogP contribution in [0.1, 0.15) is 16.7 Å². The molecule has 0 radical (unpaired) electrons. The summed E-state index contributed by atoms with van der Waals surface area (Å²) in [4.78, 5) is 11.5. The number of amides is 1. The summed E-state index contributed by atoms with van der Waals surface area (Å²) in [7, 11) is 1.85. The number of likely N-dealkylation sites (N-methyl/N-ethyl adjacent to an activating group) is 1. The largest absolute Gasteiger partial charge is 0.483 e. The molecule has 0 aromatic heterocycles. The van der Waals surface area contributed by atoms with Gasteiger partial charge in [-0.3, -0.25) is 4.79 Å². The van der Waals surface area contributed by atoms with Gasteiger partial charge in [0.15, 0.2) is 6.61 Å². The van der Waals surface area contributed by atoms with E-state index in [9.17, 15) is 4.79 Å². The molecule has 1 rings (SSSR count). The maximum atomic E-state index is 11.5. The molecule has 0 saturated heterocycles. The molecule has 0 bridgehead atoms. The first-order chi connectivity index (χ1) is 8.54. The highest BCUT2D eigenvalue weighted by atomic mass is 16.5. The van der Waals surface area contributed by atoms with Gasteiger partial charge in [-0.25, -0.2) is 0 Å². The lowest BCUT2D eigenvalue weighted by Crippen LogP contribution is -2.34. The quantitative estimate of drug-likeness (QED) is 0.749. The maximum Gasteiger partial charge on any atom is 0.257 e. The van der Waals surface area contributed by atoms with Crippen molar-refractivity contribution >= 4 is 5.91 Å². The highest BCUT2D eigenvalue weighted by Gasteiger charge is 2.07. The zero-order chi connectivity index (χ0) is 13.5. The Kier molecular flexibility index (Phi) is 5.65. The van der Waals surface area contributed by atoms with Crippen molar-refractivity contribution in [3.05, 3.63) is 28.8 Å². The number of nitrogens with one attached hydrogen (secondary N) is 2. The number of carbonyl (C=O) groups is 1. The van der Waals surface area contributed by atoms with E-state index >= 15 is 0 Å². The maximum absolute atomic E-state index is 11.5. The van der Waals surface area contributed by atoms with Gasteiger partial charge in [-0.1, -0.05) is 17.7 Å². The molecule has 2 N–H and O–H groups in total. The summed E-state index contributed by atoms with van der Waals surface area (Å²) in [6.07, 6.45) is 0. The van der Waals surface area contributed by atoms with Crippen LogP contribution in [0, 0.1) is 20.8 Å². The Labute approximate surface area is 109 Å². The highest BCUT2D eigenvalue weighted by molar-refractivity contribution is 5.77. The first kappa shape index (κ1) is 14.5. The summed E-state index contributed by atoms with van der Waals surface area (Å²) in [6, 6.07) is 4.11. The minimum absolute atomic E-state index is 0.0639. The second-order valence-corrected chi connectivity index (χ2v) is 4.47. The van der Waals surface area contributed by atoms with Crippen LogP contribution in [-0.2, 0) is 4.79 Å². The predicted octanol–water partition coefficient (Wildman–Crippen LogP) is 1.33. The Bertz CT molecular complexity index is 393. The molecule has 1 amide bonds. The van der Waals surface area contributed by atoms with E-state index in [1.165, 1.54) is 5.56 Å². The van der Waals surface area contributed by atoms with Gasteiger partial charge in [0.25, 0.3) is 5.91 Å². The predicted molar refractivity (Wildman–Crippen MR) is 73.1 cm³/mol. The van der Waals surface area contributed by atoms with Crippen molar-refractivity contribution in [2.24, 2.45) is 0 Å². The molecular weight excluding hydrogens is 228 g/mol. The van der Waals surface area contributed by atoms with E-state index in [2.05, 4.69) is 22.8 Å². The molecule has 4 heteroatoms. The lowest BCUT2D eigenvalue weighted by Gasteiger charge is -2.13. The normalized spacial score (nSPS) is 10.2. The minimum Gasteiger partial charge on any atom is -0.483 e. The molecule has 100 valence electrons. The molecule has 4 nitrogen and oxygen atoms in total. The van der Waals surface area contributed by atoms with Gasteiger partial charge in [-0.15, -0.1) is 0 Å².